The van der Waals surface area contributed by atoms with E-state index < -0.39 is 0 Å². The summed E-state index contributed by atoms with van der Waals surface area (Å²) >= 11 is 0. The zero-order valence-corrected chi connectivity index (χ0v) is 14.8. The number of rotatable bonds is 9. The van der Waals surface area contributed by atoms with Gasteiger partial charge in [-0.1, -0.05) is 12.1 Å². The molecule has 0 saturated heterocycles. The fourth-order valence-electron chi connectivity index (χ4n) is 2.15. The summed E-state index contributed by atoms with van der Waals surface area (Å²) in [6, 6.07) is 3.87. The molecule has 1 N–H and O–H groups in total. The monoisotopic (exact) mass is 341 g/mol. The summed E-state index contributed by atoms with van der Waals surface area (Å²) in [4.78, 5) is 20.1. The van der Waals surface area contributed by atoms with Crippen LogP contribution in [0.1, 0.15) is 31.9 Å². The molecule has 2 rings (SSSR count). The first-order valence-electron chi connectivity index (χ1n) is 8.03. The van der Waals surface area contributed by atoms with Crippen molar-refractivity contribution < 1.29 is 28.8 Å². The number of hydrogen-bond acceptors (Lipinski definition) is 7. The highest BCUT2D eigenvalue weighted by molar-refractivity contribution is 5.54. The number of fused-ring (bicyclic) bond motifs is 1. The van der Waals surface area contributed by atoms with E-state index in [0.29, 0.717) is 31.2 Å². The Balaban J connectivity index is 0.000000307. The van der Waals surface area contributed by atoms with Gasteiger partial charge in [0.1, 0.15) is 12.9 Å². The number of carbonyl (C=O) groups excluding carboxylic acids is 1. The van der Waals surface area contributed by atoms with Crippen LogP contribution in [0.5, 0.6) is 11.5 Å². The molecule has 0 aliphatic carbocycles. The van der Waals surface area contributed by atoms with E-state index in [-0.39, 0.29) is 6.29 Å². The number of carbonyl (C=O) groups is 1. The second-order valence-corrected chi connectivity index (χ2v) is 4.87. The van der Waals surface area contributed by atoms with Crippen LogP contribution in [0.3, 0.4) is 0 Å². The van der Waals surface area contributed by atoms with Crippen molar-refractivity contribution in [2.45, 2.75) is 40.2 Å². The summed E-state index contributed by atoms with van der Waals surface area (Å²) in [5.41, 5.74) is 1.91. The Morgan fingerprint density at radius 3 is 2.58 bits per heavy atom. The highest BCUT2D eigenvalue weighted by atomic mass is 17.2. The van der Waals surface area contributed by atoms with Gasteiger partial charge in [-0.15, -0.1) is 0 Å². The molecule has 0 fully saturated rings. The predicted molar refractivity (Wildman–Crippen MR) is 88.9 cm³/mol. The molecule has 0 atom stereocenters. The maximum absolute atomic E-state index is 10.2. The number of ether oxygens (including phenoxy) is 3. The first-order chi connectivity index (χ1) is 11.7. The number of hydrogen-bond donors (Lipinski definition) is 1. The van der Waals surface area contributed by atoms with Crippen LogP contribution in [-0.2, 0) is 32.3 Å². The Morgan fingerprint density at radius 1 is 1.29 bits per heavy atom. The molecule has 7 heteroatoms. The van der Waals surface area contributed by atoms with Gasteiger partial charge in [0.15, 0.2) is 12.0 Å². The molecule has 1 heterocycles. The van der Waals surface area contributed by atoms with Crippen LogP contribution in [0.4, 0.5) is 0 Å². The van der Waals surface area contributed by atoms with Crippen LogP contribution >= 0.6 is 0 Å². The van der Waals surface area contributed by atoms with Gasteiger partial charge in [-0.3, -0.25) is 0 Å². The summed E-state index contributed by atoms with van der Waals surface area (Å²) in [5, 5.41) is 2.97. The summed E-state index contributed by atoms with van der Waals surface area (Å²) in [6.45, 7) is 8.56. The molecule has 0 aromatic heterocycles. The molecule has 0 saturated carbocycles. The van der Waals surface area contributed by atoms with Crippen LogP contribution in [0, 0.1) is 0 Å². The van der Waals surface area contributed by atoms with E-state index in [1.807, 2.05) is 32.9 Å². The van der Waals surface area contributed by atoms with Gasteiger partial charge in [-0.2, -0.15) is 4.89 Å². The Bertz CT molecular complexity index is 488. The fraction of sp³-hybridized carbons (Fsp3) is 0.588. The molecule has 0 amide bonds. The molecule has 0 spiro atoms. The van der Waals surface area contributed by atoms with Crippen LogP contribution in [0.15, 0.2) is 12.1 Å². The molecule has 24 heavy (non-hydrogen) atoms. The Kier molecular flexibility index (Phi) is 10.0. The SMILES string of the molecule is CCOC(C)OCC.COc1c(CNCC=O)ccc2c1OOC2. The molecule has 1 aliphatic rings. The van der Waals surface area contributed by atoms with Crippen LogP contribution in [-0.4, -0.2) is 39.4 Å². The van der Waals surface area contributed by atoms with Crippen molar-refractivity contribution in [2.75, 3.05) is 26.9 Å². The van der Waals surface area contributed by atoms with E-state index in [4.69, 9.17) is 24.0 Å². The van der Waals surface area contributed by atoms with E-state index in [1.54, 1.807) is 7.11 Å². The van der Waals surface area contributed by atoms with E-state index >= 15 is 0 Å². The van der Waals surface area contributed by atoms with Gasteiger partial charge in [0.25, 0.3) is 0 Å². The number of aldehydes is 1. The first-order valence-corrected chi connectivity index (χ1v) is 8.03. The van der Waals surface area contributed by atoms with Crippen LogP contribution in [0.25, 0.3) is 0 Å². The normalized spacial score (nSPS) is 12.2. The van der Waals surface area contributed by atoms with Gasteiger partial charge in [0, 0.05) is 30.9 Å². The average molecular weight is 341 g/mol. The number of methoxy groups -OCH3 is 1. The molecule has 136 valence electrons. The Labute approximate surface area is 143 Å². The van der Waals surface area contributed by atoms with Gasteiger partial charge in [0.05, 0.1) is 13.7 Å². The van der Waals surface area contributed by atoms with Gasteiger partial charge in [0.2, 0.25) is 5.75 Å². The molecule has 7 nitrogen and oxygen atoms in total. The second kappa shape index (κ2) is 11.8. The minimum absolute atomic E-state index is 0.0370. The van der Waals surface area contributed by atoms with Gasteiger partial charge < -0.3 is 29.2 Å². The average Bonchev–Trinajstić information content (AvgIpc) is 3.04. The lowest BCUT2D eigenvalue weighted by atomic mass is 10.1. The first kappa shape index (κ1) is 20.4. The Hall–Kier alpha value is -1.67. The smallest absolute Gasteiger partial charge is 0.213 e. The lowest BCUT2D eigenvalue weighted by Gasteiger charge is -2.10. The summed E-state index contributed by atoms with van der Waals surface area (Å²) < 4.78 is 15.4. The van der Waals surface area contributed by atoms with Gasteiger partial charge in [-0.05, 0) is 20.8 Å². The van der Waals surface area contributed by atoms with Crippen molar-refractivity contribution in [2.24, 2.45) is 0 Å². The van der Waals surface area contributed by atoms with E-state index in [2.05, 4.69) is 5.32 Å². The third kappa shape index (κ3) is 6.45. The summed E-state index contributed by atoms with van der Waals surface area (Å²) in [5.74, 6) is 1.29. The second-order valence-electron chi connectivity index (χ2n) is 4.87. The lowest BCUT2D eigenvalue weighted by molar-refractivity contribution is -0.195. The van der Waals surface area contributed by atoms with Crippen molar-refractivity contribution in [3.63, 3.8) is 0 Å². The van der Waals surface area contributed by atoms with Crippen molar-refractivity contribution in [1.29, 1.82) is 0 Å². The van der Waals surface area contributed by atoms with Crippen molar-refractivity contribution in [1.82, 2.24) is 5.32 Å². The quantitative estimate of drug-likeness (QED) is 0.319. The zero-order chi connectivity index (χ0) is 17.8. The highest BCUT2D eigenvalue weighted by Gasteiger charge is 2.21. The molecule has 1 aromatic carbocycles. The molecule has 0 bridgehead atoms. The van der Waals surface area contributed by atoms with E-state index in [9.17, 15) is 4.79 Å². The summed E-state index contributed by atoms with van der Waals surface area (Å²) in [7, 11) is 1.58. The van der Waals surface area contributed by atoms with Crippen molar-refractivity contribution in [3.8, 4) is 11.5 Å². The minimum atomic E-state index is -0.0370. The molecule has 1 aromatic rings. The zero-order valence-electron chi connectivity index (χ0n) is 14.8. The van der Waals surface area contributed by atoms with E-state index in [0.717, 1.165) is 30.6 Å². The number of benzene rings is 1. The Morgan fingerprint density at radius 2 is 2.00 bits per heavy atom. The van der Waals surface area contributed by atoms with Gasteiger partial charge in [-0.25, -0.2) is 0 Å². The lowest BCUT2D eigenvalue weighted by Crippen LogP contribution is -2.16. The van der Waals surface area contributed by atoms with Crippen molar-refractivity contribution in [3.05, 3.63) is 23.3 Å². The largest absolute Gasteiger partial charge is 0.492 e. The highest BCUT2D eigenvalue weighted by Crippen LogP contribution is 2.38. The summed E-state index contributed by atoms with van der Waals surface area (Å²) in [6.07, 6.45) is 0.782. The molecule has 0 radical (unpaired) electrons. The maximum atomic E-state index is 10.2. The molecule has 1 aliphatic heterocycles. The van der Waals surface area contributed by atoms with Gasteiger partial charge >= 0.3 is 0 Å². The topological polar surface area (TPSA) is 75.2 Å². The third-order valence-corrected chi connectivity index (χ3v) is 3.18. The van der Waals surface area contributed by atoms with Crippen LogP contribution in [0.2, 0.25) is 0 Å². The predicted octanol–water partition coefficient (Wildman–Crippen LogP) is 2.21. The fourth-order valence-corrected chi connectivity index (χ4v) is 2.15. The third-order valence-electron chi connectivity index (χ3n) is 3.18. The minimum Gasteiger partial charge on any atom is -0.492 e. The number of nitrogens with one attached hydrogen (secondary N) is 1. The standard InChI is InChI=1S/C11H13NO4.C6H14O2/c1-14-10-8(6-12-4-5-13)2-3-9-7-15-16-11(9)10;1-4-7-6(3)8-5-2/h2-3,5,12H,4,6-7H2,1H3;6H,4-5H2,1-3H3. The van der Waals surface area contributed by atoms with Crippen molar-refractivity contribution >= 4 is 6.29 Å². The molecular formula is C17H27NO6. The van der Waals surface area contributed by atoms with Crippen LogP contribution < -0.4 is 14.9 Å². The van der Waals surface area contributed by atoms with E-state index in [1.165, 1.54) is 0 Å². The maximum Gasteiger partial charge on any atom is 0.213 e. The molecular weight excluding hydrogens is 314 g/mol. The molecule has 0 unspecified atom stereocenters.